The number of fused-ring (bicyclic) bond motifs is 2. The molecule has 0 saturated heterocycles. The van der Waals surface area contributed by atoms with Gasteiger partial charge in [0.1, 0.15) is 13.2 Å². The van der Waals surface area contributed by atoms with Crippen LogP contribution in [0.15, 0.2) is 54.6 Å². The molecule has 0 bridgehead atoms. The Balaban J connectivity index is 1.55. The molecule has 1 aliphatic rings. The molecular formula is C22H23NO3. The van der Waals surface area contributed by atoms with Crippen molar-refractivity contribution in [2.24, 2.45) is 0 Å². The van der Waals surface area contributed by atoms with Crippen LogP contribution in [0.25, 0.3) is 10.8 Å². The van der Waals surface area contributed by atoms with Gasteiger partial charge in [0.05, 0.1) is 7.11 Å². The van der Waals surface area contributed by atoms with Crippen LogP contribution in [0.2, 0.25) is 0 Å². The first-order chi connectivity index (χ1) is 12.8. The van der Waals surface area contributed by atoms with Crippen molar-refractivity contribution in [2.75, 3.05) is 20.3 Å². The van der Waals surface area contributed by atoms with Crippen molar-refractivity contribution in [3.63, 3.8) is 0 Å². The first kappa shape index (κ1) is 16.7. The highest BCUT2D eigenvalue weighted by Gasteiger charge is 2.18. The molecule has 0 aromatic heterocycles. The molecular weight excluding hydrogens is 326 g/mol. The minimum atomic E-state index is 0.222. The minimum Gasteiger partial charge on any atom is -0.493 e. The quantitative estimate of drug-likeness (QED) is 0.738. The Morgan fingerprint density at radius 2 is 1.85 bits per heavy atom. The van der Waals surface area contributed by atoms with Gasteiger partial charge in [0.25, 0.3) is 0 Å². The van der Waals surface area contributed by atoms with E-state index >= 15 is 0 Å². The lowest BCUT2D eigenvalue weighted by Gasteiger charge is -2.22. The number of nitrogens with one attached hydrogen (secondary N) is 1. The summed E-state index contributed by atoms with van der Waals surface area (Å²) in [4.78, 5) is 0. The molecule has 4 heteroatoms. The van der Waals surface area contributed by atoms with Crippen molar-refractivity contribution < 1.29 is 14.2 Å². The molecule has 1 atom stereocenters. The van der Waals surface area contributed by atoms with Crippen molar-refractivity contribution in [3.8, 4) is 17.2 Å². The smallest absolute Gasteiger partial charge is 0.203 e. The van der Waals surface area contributed by atoms with E-state index in [0.29, 0.717) is 19.0 Å². The summed E-state index contributed by atoms with van der Waals surface area (Å²) in [6, 6.07) is 19.2. The van der Waals surface area contributed by atoms with Gasteiger partial charge in [0, 0.05) is 12.6 Å². The first-order valence-electron chi connectivity index (χ1n) is 8.94. The molecule has 0 saturated carbocycles. The lowest BCUT2D eigenvalue weighted by Crippen LogP contribution is -2.20. The van der Waals surface area contributed by atoms with Gasteiger partial charge in [-0.25, -0.2) is 0 Å². The van der Waals surface area contributed by atoms with Crippen LogP contribution in [-0.2, 0) is 6.54 Å². The highest BCUT2D eigenvalue weighted by atomic mass is 16.6. The number of methoxy groups -OCH3 is 1. The van der Waals surface area contributed by atoms with Crippen LogP contribution in [0.5, 0.6) is 17.2 Å². The molecule has 3 aromatic carbocycles. The molecule has 0 amide bonds. The summed E-state index contributed by atoms with van der Waals surface area (Å²) in [5.41, 5.74) is 2.41. The maximum absolute atomic E-state index is 5.72. The number of hydrogen-bond acceptors (Lipinski definition) is 4. The predicted molar refractivity (Wildman–Crippen MR) is 103 cm³/mol. The molecule has 1 heterocycles. The first-order valence-corrected chi connectivity index (χ1v) is 8.94. The Morgan fingerprint density at radius 3 is 2.73 bits per heavy atom. The molecule has 0 fully saturated rings. The van der Waals surface area contributed by atoms with E-state index < -0.39 is 0 Å². The second kappa shape index (κ2) is 7.26. The Morgan fingerprint density at radius 1 is 1.04 bits per heavy atom. The normalized spacial score (nSPS) is 14.2. The predicted octanol–water partition coefficient (Wildman–Crippen LogP) is 4.47. The van der Waals surface area contributed by atoms with Crippen LogP contribution in [-0.4, -0.2) is 20.3 Å². The lowest BCUT2D eigenvalue weighted by atomic mass is 9.99. The van der Waals surface area contributed by atoms with E-state index in [1.54, 1.807) is 7.11 Å². The fourth-order valence-electron chi connectivity index (χ4n) is 3.44. The summed E-state index contributed by atoms with van der Waals surface area (Å²) >= 11 is 0. The molecule has 26 heavy (non-hydrogen) atoms. The van der Waals surface area contributed by atoms with Crippen LogP contribution in [0.1, 0.15) is 24.1 Å². The minimum absolute atomic E-state index is 0.222. The summed E-state index contributed by atoms with van der Waals surface area (Å²) in [6.07, 6.45) is 0. The van der Waals surface area contributed by atoms with E-state index in [0.717, 1.165) is 23.6 Å². The molecule has 4 rings (SSSR count). The van der Waals surface area contributed by atoms with Gasteiger partial charge < -0.3 is 19.5 Å². The maximum atomic E-state index is 5.72. The van der Waals surface area contributed by atoms with Gasteiger partial charge in [-0.05, 0) is 41.0 Å². The fraction of sp³-hybridized carbons (Fsp3) is 0.273. The second-order valence-electron chi connectivity index (χ2n) is 6.49. The molecule has 3 aromatic rings. The van der Waals surface area contributed by atoms with Crippen LogP contribution in [0, 0.1) is 0 Å². The summed E-state index contributed by atoms with van der Waals surface area (Å²) in [7, 11) is 1.66. The van der Waals surface area contributed by atoms with Crippen molar-refractivity contribution in [3.05, 3.63) is 65.7 Å². The molecule has 0 radical (unpaired) electrons. The number of rotatable bonds is 5. The summed E-state index contributed by atoms with van der Waals surface area (Å²) in [5, 5.41) is 6.16. The van der Waals surface area contributed by atoms with Crippen LogP contribution in [0.4, 0.5) is 0 Å². The van der Waals surface area contributed by atoms with Gasteiger partial charge >= 0.3 is 0 Å². The zero-order valence-corrected chi connectivity index (χ0v) is 15.1. The Kier molecular flexibility index (Phi) is 4.67. The van der Waals surface area contributed by atoms with E-state index in [2.05, 4.69) is 54.7 Å². The molecule has 0 spiro atoms. The monoisotopic (exact) mass is 349 g/mol. The highest BCUT2D eigenvalue weighted by molar-refractivity contribution is 5.86. The van der Waals surface area contributed by atoms with Gasteiger partial charge in [0.2, 0.25) is 5.75 Å². The van der Waals surface area contributed by atoms with Crippen molar-refractivity contribution in [2.45, 2.75) is 19.5 Å². The zero-order valence-electron chi connectivity index (χ0n) is 15.1. The number of ether oxygens (including phenoxy) is 3. The van der Waals surface area contributed by atoms with Crippen LogP contribution >= 0.6 is 0 Å². The topological polar surface area (TPSA) is 39.7 Å². The van der Waals surface area contributed by atoms with Crippen LogP contribution < -0.4 is 19.5 Å². The Bertz CT molecular complexity index is 900. The van der Waals surface area contributed by atoms with Gasteiger partial charge in [-0.3, -0.25) is 0 Å². The molecule has 1 N–H and O–H groups in total. The van der Waals surface area contributed by atoms with Gasteiger partial charge in [0.15, 0.2) is 11.5 Å². The fourth-order valence-corrected chi connectivity index (χ4v) is 3.44. The Labute approximate surface area is 153 Å². The van der Waals surface area contributed by atoms with Crippen molar-refractivity contribution in [1.29, 1.82) is 0 Å². The third-order valence-electron chi connectivity index (χ3n) is 4.79. The molecule has 1 unspecified atom stereocenters. The van der Waals surface area contributed by atoms with E-state index in [1.165, 1.54) is 16.3 Å². The molecule has 134 valence electrons. The van der Waals surface area contributed by atoms with Crippen molar-refractivity contribution in [1.82, 2.24) is 5.32 Å². The average Bonchev–Trinajstić information content (AvgIpc) is 2.70. The van der Waals surface area contributed by atoms with E-state index in [1.807, 2.05) is 12.1 Å². The third-order valence-corrected chi connectivity index (χ3v) is 4.79. The van der Waals surface area contributed by atoms with Gasteiger partial charge in [-0.15, -0.1) is 0 Å². The summed E-state index contributed by atoms with van der Waals surface area (Å²) < 4.78 is 16.9. The zero-order chi connectivity index (χ0) is 17.9. The van der Waals surface area contributed by atoms with E-state index in [4.69, 9.17) is 14.2 Å². The number of benzene rings is 3. The molecule has 4 nitrogen and oxygen atoms in total. The van der Waals surface area contributed by atoms with Gasteiger partial charge in [-0.1, -0.05) is 42.5 Å². The van der Waals surface area contributed by atoms with Crippen LogP contribution in [0.3, 0.4) is 0 Å². The van der Waals surface area contributed by atoms with Gasteiger partial charge in [-0.2, -0.15) is 0 Å². The average molecular weight is 349 g/mol. The van der Waals surface area contributed by atoms with Crippen molar-refractivity contribution >= 4 is 10.8 Å². The van der Waals surface area contributed by atoms with E-state index in [-0.39, 0.29) is 6.04 Å². The Hall–Kier alpha value is -2.72. The number of hydrogen-bond donors (Lipinski definition) is 1. The van der Waals surface area contributed by atoms with E-state index in [9.17, 15) is 0 Å². The third kappa shape index (κ3) is 3.20. The molecule has 0 aliphatic carbocycles. The summed E-state index contributed by atoms with van der Waals surface area (Å²) in [5.74, 6) is 2.17. The second-order valence-corrected chi connectivity index (χ2v) is 6.49. The molecule has 1 aliphatic heterocycles. The standard InChI is InChI=1S/C22H23NO3/c1-15(18-9-5-7-17-6-3-4-8-19(17)18)23-14-16-12-20(24-2)22-21(13-16)25-10-11-26-22/h3-9,12-13,15,23H,10-11,14H2,1-2H3. The highest BCUT2D eigenvalue weighted by Crippen LogP contribution is 2.40. The summed E-state index contributed by atoms with van der Waals surface area (Å²) in [6.45, 7) is 4.03. The lowest BCUT2D eigenvalue weighted by molar-refractivity contribution is 0.165. The maximum Gasteiger partial charge on any atom is 0.203 e. The SMILES string of the molecule is COc1cc(CNC(C)c2cccc3ccccc23)cc2c1OCCO2. The largest absolute Gasteiger partial charge is 0.493 e.